The number of benzene rings is 3. The Labute approximate surface area is 163 Å². The van der Waals surface area contributed by atoms with Crippen LogP contribution < -0.4 is 14.4 Å². The van der Waals surface area contributed by atoms with Crippen molar-refractivity contribution < 1.29 is 17.9 Å². The predicted octanol–water partition coefficient (Wildman–Crippen LogP) is 3.78. The van der Waals surface area contributed by atoms with Gasteiger partial charge in [-0.25, -0.2) is 8.42 Å². The second-order valence-electron chi connectivity index (χ2n) is 6.65. The van der Waals surface area contributed by atoms with E-state index < -0.39 is 10.0 Å². The standard InChI is InChI=1S/C21H20N2O4S/c1-27-17-9-11-20(23-12-4-7-21(23)24)19(14-17)22-28(25,26)18-10-8-15-5-2-3-6-16(15)13-18/h2-3,5-6,8-11,13-14,22H,4,7,12H2,1H3. The first kappa shape index (κ1) is 18.3. The van der Waals surface area contributed by atoms with Gasteiger partial charge in [-0.05, 0) is 41.5 Å². The first-order valence-electron chi connectivity index (χ1n) is 8.98. The van der Waals surface area contributed by atoms with E-state index in [1.165, 1.54) is 7.11 Å². The average Bonchev–Trinajstić information content (AvgIpc) is 3.13. The molecule has 3 aromatic rings. The van der Waals surface area contributed by atoms with Gasteiger partial charge >= 0.3 is 0 Å². The van der Waals surface area contributed by atoms with E-state index in [1.807, 2.05) is 24.3 Å². The van der Waals surface area contributed by atoms with Crippen molar-refractivity contribution in [3.63, 3.8) is 0 Å². The molecule has 0 aromatic heterocycles. The van der Waals surface area contributed by atoms with Crippen LogP contribution in [0.5, 0.6) is 5.75 Å². The van der Waals surface area contributed by atoms with Crippen molar-refractivity contribution in [2.45, 2.75) is 17.7 Å². The molecule has 1 heterocycles. The number of nitrogens with one attached hydrogen (secondary N) is 1. The molecule has 4 rings (SSSR count). The largest absolute Gasteiger partial charge is 0.497 e. The molecule has 1 aliphatic heterocycles. The lowest BCUT2D eigenvalue weighted by Crippen LogP contribution is -2.25. The monoisotopic (exact) mass is 396 g/mol. The van der Waals surface area contributed by atoms with Crippen LogP contribution in [0.15, 0.2) is 65.6 Å². The molecule has 1 aliphatic rings. The van der Waals surface area contributed by atoms with E-state index in [0.717, 1.165) is 17.2 Å². The first-order chi connectivity index (χ1) is 13.5. The molecule has 144 valence electrons. The highest BCUT2D eigenvalue weighted by molar-refractivity contribution is 7.92. The highest BCUT2D eigenvalue weighted by atomic mass is 32.2. The maximum atomic E-state index is 13.0. The van der Waals surface area contributed by atoms with Gasteiger partial charge in [0.1, 0.15) is 5.75 Å². The summed E-state index contributed by atoms with van der Waals surface area (Å²) in [6, 6.07) is 17.6. The number of fused-ring (bicyclic) bond motifs is 1. The third-order valence-electron chi connectivity index (χ3n) is 4.84. The SMILES string of the molecule is COc1ccc(N2CCCC2=O)c(NS(=O)(=O)c2ccc3ccccc3c2)c1. The number of hydrogen-bond donors (Lipinski definition) is 1. The molecular weight excluding hydrogens is 376 g/mol. The van der Waals surface area contributed by atoms with E-state index in [0.29, 0.717) is 30.1 Å². The number of sulfonamides is 1. The number of amides is 1. The Kier molecular flexibility index (Phi) is 4.68. The van der Waals surface area contributed by atoms with Gasteiger partial charge in [0.05, 0.1) is 23.4 Å². The number of carbonyl (C=O) groups excluding carboxylic acids is 1. The van der Waals surface area contributed by atoms with Crippen LogP contribution in [0.4, 0.5) is 11.4 Å². The third kappa shape index (κ3) is 3.41. The van der Waals surface area contributed by atoms with Crippen molar-refractivity contribution >= 4 is 38.1 Å². The number of carbonyl (C=O) groups is 1. The van der Waals surface area contributed by atoms with Crippen molar-refractivity contribution in [1.29, 1.82) is 0 Å². The van der Waals surface area contributed by atoms with Crippen molar-refractivity contribution in [2.24, 2.45) is 0 Å². The molecule has 1 amide bonds. The fourth-order valence-electron chi connectivity index (χ4n) is 3.40. The molecule has 3 aromatic carbocycles. The molecule has 0 spiro atoms. The molecule has 0 atom stereocenters. The van der Waals surface area contributed by atoms with Crippen molar-refractivity contribution in [3.05, 3.63) is 60.7 Å². The van der Waals surface area contributed by atoms with Gasteiger partial charge in [-0.15, -0.1) is 0 Å². The number of rotatable bonds is 5. The fraction of sp³-hybridized carbons (Fsp3) is 0.190. The summed E-state index contributed by atoms with van der Waals surface area (Å²) < 4.78 is 34.0. The predicted molar refractivity (Wildman–Crippen MR) is 109 cm³/mol. The summed E-state index contributed by atoms with van der Waals surface area (Å²) in [5, 5.41) is 1.80. The topological polar surface area (TPSA) is 75.7 Å². The Bertz CT molecular complexity index is 1160. The van der Waals surface area contributed by atoms with E-state index in [1.54, 1.807) is 41.3 Å². The molecule has 0 saturated carbocycles. The molecule has 7 heteroatoms. The molecule has 0 unspecified atom stereocenters. The summed E-state index contributed by atoms with van der Waals surface area (Å²) >= 11 is 0. The normalized spacial score (nSPS) is 14.5. The van der Waals surface area contributed by atoms with Crippen molar-refractivity contribution in [3.8, 4) is 5.75 Å². The summed E-state index contributed by atoms with van der Waals surface area (Å²) in [5.41, 5.74) is 0.857. The molecule has 28 heavy (non-hydrogen) atoms. The van der Waals surface area contributed by atoms with Gasteiger partial charge in [0.25, 0.3) is 10.0 Å². The smallest absolute Gasteiger partial charge is 0.261 e. The van der Waals surface area contributed by atoms with Crippen LogP contribution in [-0.2, 0) is 14.8 Å². The van der Waals surface area contributed by atoms with Gasteiger partial charge < -0.3 is 9.64 Å². The maximum Gasteiger partial charge on any atom is 0.261 e. The highest BCUT2D eigenvalue weighted by Crippen LogP contribution is 2.34. The highest BCUT2D eigenvalue weighted by Gasteiger charge is 2.26. The lowest BCUT2D eigenvalue weighted by Gasteiger charge is -2.21. The fourth-order valence-corrected chi connectivity index (χ4v) is 4.50. The zero-order valence-corrected chi connectivity index (χ0v) is 16.2. The Hall–Kier alpha value is -3.06. The second kappa shape index (κ2) is 7.16. The second-order valence-corrected chi connectivity index (χ2v) is 8.33. The number of methoxy groups -OCH3 is 1. The van der Waals surface area contributed by atoms with Crippen LogP contribution >= 0.6 is 0 Å². The van der Waals surface area contributed by atoms with E-state index >= 15 is 0 Å². The Morgan fingerprint density at radius 3 is 2.50 bits per heavy atom. The van der Waals surface area contributed by atoms with E-state index in [2.05, 4.69) is 4.72 Å². The van der Waals surface area contributed by atoms with Crippen LogP contribution in [0.3, 0.4) is 0 Å². The van der Waals surface area contributed by atoms with Crippen LogP contribution in [-0.4, -0.2) is 28.0 Å². The molecule has 1 fully saturated rings. The van der Waals surface area contributed by atoms with Crippen LogP contribution in [0, 0.1) is 0 Å². The minimum absolute atomic E-state index is 0.0173. The van der Waals surface area contributed by atoms with E-state index in [9.17, 15) is 13.2 Å². The van der Waals surface area contributed by atoms with Crippen molar-refractivity contribution in [1.82, 2.24) is 0 Å². The molecule has 1 saturated heterocycles. The lowest BCUT2D eigenvalue weighted by atomic mass is 10.1. The van der Waals surface area contributed by atoms with Crippen LogP contribution in [0.25, 0.3) is 10.8 Å². The summed E-state index contributed by atoms with van der Waals surface area (Å²) in [6.45, 7) is 0.565. The quantitative estimate of drug-likeness (QED) is 0.712. The molecular formula is C21H20N2O4S. The van der Waals surface area contributed by atoms with Crippen LogP contribution in [0.2, 0.25) is 0 Å². The average molecular weight is 396 g/mol. The van der Waals surface area contributed by atoms with E-state index in [-0.39, 0.29) is 10.8 Å². The maximum absolute atomic E-state index is 13.0. The Morgan fingerprint density at radius 1 is 1.00 bits per heavy atom. The Balaban J connectivity index is 1.74. The third-order valence-corrected chi connectivity index (χ3v) is 6.21. The zero-order chi connectivity index (χ0) is 19.7. The molecule has 1 N–H and O–H groups in total. The minimum atomic E-state index is -3.84. The molecule has 0 aliphatic carbocycles. The van der Waals surface area contributed by atoms with E-state index in [4.69, 9.17) is 4.74 Å². The molecule has 6 nitrogen and oxygen atoms in total. The van der Waals surface area contributed by atoms with Gasteiger partial charge in [-0.1, -0.05) is 30.3 Å². The van der Waals surface area contributed by atoms with Crippen molar-refractivity contribution in [2.75, 3.05) is 23.3 Å². The number of ether oxygens (including phenoxy) is 1. The summed E-state index contributed by atoms with van der Waals surface area (Å²) in [6.07, 6.45) is 1.21. The minimum Gasteiger partial charge on any atom is -0.497 e. The van der Waals surface area contributed by atoms with Crippen LogP contribution in [0.1, 0.15) is 12.8 Å². The number of hydrogen-bond acceptors (Lipinski definition) is 4. The summed E-state index contributed by atoms with van der Waals surface area (Å²) in [4.78, 5) is 13.9. The van der Waals surface area contributed by atoms with Gasteiger partial charge in [0, 0.05) is 19.0 Å². The van der Waals surface area contributed by atoms with Gasteiger partial charge in [0.2, 0.25) is 5.91 Å². The molecule has 0 radical (unpaired) electrons. The molecule has 0 bridgehead atoms. The first-order valence-corrected chi connectivity index (χ1v) is 10.5. The van der Waals surface area contributed by atoms with Gasteiger partial charge in [0.15, 0.2) is 0 Å². The lowest BCUT2D eigenvalue weighted by molar-refractivity contribution is -0.117. The Morgan fingerprint density at radius 2 is 1.79 bits per heavy atom. The van der Waals surface area contributed by atoms with Gasteiger partial charge in [-0.2, -0.15) is 0 Å². The summed E-state index contributed by atoms with van der Waals surface area (Å²) in [7, 11) is -2.33. The summed E-state index contributed by atoms with van der Waals surface area (Å²) in [5.74, 6) is 0.489. The zero-order valence-electron chi connectivity index (χ0n) is 15.4. The number of nitrogens with zero attached hydrogens (tertiary/aromatic N) is 1. The number of anilines is 2. The van der Waals surface area contributed by atoms with Gasteiger partial charge in [-0.3, -0.25) is 9.52 Å².